The van der Waals surface area contributed by atoms with E-state index in [0.717, 1.165) is 31.5 Å². The van der Waals surface area contributed by atoms with Crippen molar-refractivity contribution >= 4 is 11.7 Å². The zero-order chi connectivity index (χ0) is 19.4. The number of nitrogens with two attached hydrogens (primary N) is 1. The minimum absolute atomic E-state index is 0.0609. The first-order valence-electron chi connectivity index (χ1n) is 8.65. The number of nitriles is 1. The number of piperidine rings is 1. The summed E-state index contributed by atoms with van der Waals surface area (Å²) in [5.74, 6) is 1.32. The average Bonchev–Trinajstić information content (AvgIpc) is 2.69. The summed E-state index contributed by atoms with van der Waals surface area (Å²) in [4.78, 5) is 22.1. The fourth-order valence-electron chi connectivity index (χ4n) is 3.13. The van der Waals surface area contributed by atoms with Gasteiger partial charge >= 0.3 is 0 Å². The Morgan fingerprint density at radius 2 is 2.11 bits per heavy atom. The van der Waals surface area contributed by atoms with Gasteiger partial charge in [-0.3, -0.25) is 4.79 Å². The molecular weight excluding hydrogens is 346 g/mol. The van der Waals surface area contributed by atoms with Crippen LogP contribution in [0, 0.1) is 18.3 Å². The number of carbonyl (C=O) groups is 1. The number of hydrogen-bond donors (Lipinski definition) is 1. The van der Waals surface area contributed by atoms with Crippen LogP contribution in [0.3, 0.4) is 0 Å². The van der Waals surface area contributed by atoms with E-state index >= 15 is 0 Å². The molecule has 3 rings (SSSR count). The van der Waals surface area contributed by atoms with Crippen molar-refractivity contribution in [2.75, 3.05) is 25.1 Å². The Labute approximate surface area is 157 Å². The number of primary amides is 1. The number of amides is 1. The Morgan fingerprint density at radius 1 is 1.37 bits per heavy atom. The summed E-state index contributed by atoms with van der Waals surface area (Å²) < 4.78 is 11.0. The molecule has 0 unspecified atom stereocenters. The second-order valence-corrected chi connectivity index (χ2v) is 6.34. The molecule has 1 saturated heterocycles. The summed E-state index contributed by atoms with van der Waals surface area (Å²) >= 11 is 0. The van der Waals surface area contributed by atoms with Crippen LogP contribution in [0.4, 0.5) is 5.82 Å². The molecule has 8 heteroatoms. The molecule has 2 aromatic heterocycles. The Morgan fingerprint density at radius 3 is 2.67 bits per heavy atom. The summed E-state index contributed by atoms with van der Waals surface area (Å²) in [6.45, 7) is 3.34. The lowest BCUT2D eigenvalue weighted by atomic mass is 10.1. The predicted octanol–water partition coefficient (Wildman–Crippen LogP) is 1.81. The van der Waals surface area contributed by atoms with Crippen LogP contribution in [0.1, 0.15) is 34.5 Å². The van der Waals surface area contributed by atoms with Gasteiger partial charge in [-0.1, -0.05) is 0 Å². The van der Waals surface area contributed by atoms with Crippen molar-refractivity contribution in [3.05, 3.63) is 41.2 Å². The van der Waals surface area contributed by atoms with E-state index in [9.17, 15) is 10.1 Å². The van der Waals surface area contributed by atoms with Crippen molar-refractivity contribution in [3.63, 3.8) is 0 Å². The maximum absolute atomic E-state index is 11.5. The van der Waals surface area contributed by atoms with Crippen molar-refractivity contribution in [2.24, 2.45) is 5.73 Å². The lowest BCUT2D eigenvalue weighted by Gasteiger charge is -2.33. The first-order chi connectivity index (χ1) is 13.0. The van der Waals surface area contributed by atoms with Crippen LogP contribution in [0.5, 0.6) is 11.6 Å². The van der Waals surface area contributed by atoms with Crippen LogP contribution < -0.4 is 20.1 Å². The molecular formula is C19H21N5O3. The number of aryl methyl sites for hydroxylation is 1. The second-order valence-electron chi connectivity index (χ2n) is 6.34. The van der Waals surface area contributed by atoms with E-state index in [1.165, 1.54) is 0 Å². The van der Waals surface area contributed by atoms with Gasteiger partial charge in [0.25, 0.3) is 5.91 Å². The van der Waals surface area contributed by atoms with Crippen LogP contribution in [0.25, 0.3) is 0 Å². The van der Waals surface area contributed by atoms with Crippen molar-refractivity contribution < 1.29 is 14.3 Å². The minimum Gasteiger partial charge on any atom is -0.489 e. The van der Waals surface area contributed by atoms with E-state index in [4.69, 9.17) is 15.2 Å². The molecule has 3 heterocycles. The third-order valence-electron chi connectivity index (χ3n) is 4.52. The van der Waals surface area contributed by atoms with Gasteiger partial charge in [0.1, 0.15) is 23.7 Å². The van der Waals surface area contributed by atoms with Crippen LogP contribution >= 0.6 is 0 Å². The van der Waals surface area contributed by atoms with Gasteiger partial charge < -0.3 is 20.1 Å². The highest BCUT2D eigenvalue weighted by atomic mass is 16.5. The Kier molecular flexibility index (Phi) is 5.41. The molecule has 1 amide bonds. The van der Waals surface area contributed by atoms with Gasteiger partial charge in [-0.25, -0.2) is 9.97 Å². The van der Waals surface area contributed by atoms with E-state index in [1.807, 2.05) is 19.1 Å². The molecule has 1 aliphatic rings. The lowest BCUT2D eigenvalue weighted by Crippen LogP contribution is -2.39. The third kappa shape index (κ3) is 4.08. The van der Waals surface area contributed by atoms with Crippen molar-refractivity contribution in [2.45, 2.75) is 25.9 Å². The molecule has 0 spiro atoms. The molecule has 0 bridgehead atoms. The fraction of sp³-hybridized carbons (Fsp3) is 0.368. The summed E-state index contributed by atoms with van der Waals surface area (Å²) in [5, 5.41) is 9.25. The second kappa shape index (κ2) is 7.91. The smallest absolute Gasteiger partial charge is 0.251 e. The normalized spacial score (nSPS) is 14.5. The molecule has 2 aromatic rings. The molecule has 140 valence electrons. The highest BCUT2D eigenvalue weighted by Gasteiger charge is 2.24. The molecule has 1 fully saturated rings. The Hall–Kier alpha value is -3.34. The number of aromatic nitrogens is 2. The molecule has 0 saturated carbocycles. The van der Waals surface area contributed by atoms with Gasteiger partial charge in [-0.2, -0.15) is 5.26 Å². The molecule has 0 aliphatic carbocycles. The SMILES string of the molecule is COc1ccc(OC2CCN(c3nc(C#N)c(C(N)=O)cc3C)CC2)cn1. The predicted molar refractivity (Wildman–Crippen MR) is 98.9 cm³/mol. The van der Waals surface area contributed by atoms with Crippen molar-refractivity contribution in [1.82, 2.24) is 9.97 Å². The summed E-state index contributed by atoms with van der Waals surface area (Å²) in [7, 11) is 1.57. The monoisotopic (exact) mass is 367 g/mol. The molecule has 0 aromatic carbocycles. The number of carbonyl (C=O) groups excluding carboxylic acids is 1. The Bertz CT molecular complexity index is 868. The zero-order valence-corrected chi connectivity index (χ0v) is 15.3. The maximum atomic E-state index is 11.5. The number of anilines is 1. The zero-order valence-electron chi connectivity index (χ0n) is 15.3. The standard InChI is InChI=1S/C19H21N5O3/c1-12-9-15(18(21)25)16(10-20)23-19(12)24-7-5-13(6-8-24)27-14-3-4-17(26-2)22-11-14/h3-4,9,11,13H,5-8H2,1-2H3,(H2,21,25). The van der Waals surface area contributed by atoms with Gasteiger partial charge in [-0.05, 0) is 24.6 Å². The van der Waals surface area contributed by atoms with Crippen molar-refractivity contribution in [3.8, 4) is 17.7 Å². The van der Waals surface area contributed by atoms with E-state index < -0.39 is 5.91 Å². The highest BCUT2D eigenvalue weighted by Crippen LogP contribution is 2.26. The van der Waals surface area contributed by atoms with Gasteiger partial charge in [0.05, 0.1) is 18.9 Å². The van der Waals surface area contributed by atoms with E-state index in [-0.39, 0.29) is 17.4 Å². The molecule has 2 N–H and O–H groups in total. The molecule has 0 radical (unpaired) electrons. The summed E-state index contributed by atoms with van der Waals surface area (Å²) in [6.07, 6.45) is 3.36. The van der Waals surface area contributed by atoms with Crippen molar-refractivity contribution in [1.29, 1.82) is 5.26 Å². The number of rotatable bonds is 5. The number of methoxy groups -OCH3 is 1. The summed E-state index contributed by atoms with van der Waals surface area (Å²) in [6, 6.07) is 7.19. The quantitative estimate of drug-likeness (QED) is 0.857. The number of hydrogen-bond acceptors (Lipinski definition) is 7. The van der Waals surface area contributed by atoms with Crippen LogP contribution in [-0.4, -0.2) is 42.2 Å². The number of pyridine rings is 2. The topological polar surface area (TPSA) is 114 Å². The molecule has 8 nitrogen and oxygen atoms in total. The molecule has 1 aliphatic heterocycles. The average molecular weight is 367 g/mol. The first-order valence-corrected chi connectivity index (χ1v) is 8.65. The van der Waals surface area contributed by atoms with Crippen LogP contribution in [0.15, 0.2) is 24.4 Å². The lowest BCUT2D eigenvalue weighted by molar-refractivity contribution is 0.0999. The third-order valence-corrected chi connectivity index (χ3v) is 4.52. The Balaban J connectivity index is 1.66. The molecule has 0 atom stereocenters. The summed E-state index contributed by atoms with van der Waals surface area (Å²) in [5.41, 5.74) is 6.36. The van der Waals surface area contributed by atoms with Gasteiger partial charge in [0, 0.05) is 32.0 Å². The van der Waals surface area contributed by atoms with Gasteiger partial charge in [0.2, 0.25) is 5.88 Å². The van der Waals surface area contributed by atoms with Gasteiger partial charge in [-0.15, -0.1) is 0 Å². The highest BCUT2D eigenvalue weighted by molar-refractivity contribution is 5.95. The number of nitrogens with zero attached hydrogens (tertiary/aromatic N) is 4. The fourth-order valence-corrected chi connectivity index (χ4v) is 3.13. The van der Waals surface area contributed by atoms with Crippen LogP contribution in [0.2, 0.25) is 0 Å². The maximum Gasteiger partial charge on any atom is 0.251 e. The first kappa shape index (κ1) is 18.5. The number of ether oxygens (including phenoxy) is 2. The van der Waals surface area contributed by atoms with E-state index in [0.29, 0.717) is 17.4 Å². The van der Waals surface area contributed by atoms with Gasteiger partial charge in [0.15, 0.2) is 5.69 Å². The van der Waals surface area contributed by atoms with E-state index in [2.05, 4.69) is 14.9 Å². The largest absolute Gasteiger partial charge is 0.489 e. The minimum atomic E-state index is -0.645. The van der Waals surface area contributed by atoms with E-state index in [1.54, 1.807) is 25.4 Å². The molecule has 27 heavy (non-hydrogen) atoms. The van der Waals surface area contributed by atoms with Crippen LogP contribution in [-0.2, 0) is 0 Å².